The van der Waals surface area contributed by atoms with Crippen LogP contribution in [-0.2, 0) is 11.2 Å². The van der Waals surface area contributed by atoms with Crippen LogP contribution in [-0.4, -0.2) is 39.2 Å². The van der Waals surface area contributed by atoms with Crippen LogP contribution >= 0.6 is 0 Å². The van der Waals surface area contributed by atoms with Gasteiger partial charge in [-0.25, -0.2) is 4.79 Å². The van der Waals surface area contributed by atoms with Crippen LogP contribution in [0.3, 0.4) is 0 Å². The summed E-state index contributed by atoms with van der Waals surface area (Å²) in [5.74, 6) is 0.814. The first-order chi connectivity index (χ1) is 9.76. The Labute approximate surface area is 118 Å². The number of ether oxygens (including phenoxy) is 1. The van der Waals surface area contributed by atoms with Crippen molar-refractivity contribution in [3.63, 3.8) is 0 Å². The van der Waals surface area contributed by atoms with Crippen molar-refractivity contribution in [2.24, 2.45) is 0 Å². The molecule has 1 aromatic carbocycles. The Morgan fingerprint density at radius 1 is 1.25 bits per heavy atom. The molecule has 0 unspecified atom stereocenters. The average molecular weight is 279 g/mol. The Kier molecular flexibility index (Phi) is 7.64. The highest BCUT2D eigenvalue weighted by Gasteiger charge is 2.00. The maximum Gasteiger partial charge on any atom is 0.314 e. The molecule has 3 N–H and O–H groups in total. The third-order valence-corrected chi connectivity index (χ3v) is 2.70. The molecule has 0 aliphatic heterocycles. The number of carbonyl (C=O) groups is 2. The zero-order chi connectivity index (χ0) is 14.6. The number of methoxy groups -OCH3 is 1. The van der Waals surface area contributed by atoms with Gasteiger partial charge in [-0.2, -0.15) is 0 Å². The van der Waals surface area contributed by atoms with E-state index in [9.17, 15) is 9.59 Å². The number of benzene rings is 1. The molecule has 0 radical (unpaired) electrons. The number of hydrogen-bond donors (Lipinski definition) is 3. The molecule has 0 spiro atoms. The topological polar surface area (TPSA) is 79.5 Å². The minimum absolute atomic E-state index is 0.195. The summed E-state index contributed by atoms with van der Waals surface area (Å²) in [4.78, 5) is 21.5. The number of rotatable bonds is 9. The summed E-state index contributed by atoms with van der Waals surface area (Å²) in [6.45, 7) is 1.66. The van der Waals surface area contributed by atoms with Crippen molar-refractivity contribution in [3.8, 4) is 5.75 Å². The molecule has 0 aliphatic rings. The molecule has 6 heteroatoms. The molecule has 0 aliphatic carbocycles. The summed E-state index contributed by atoms with van der Waals surface area (Å²) < 4.78 is 5.14. The minimum atomic E-state index is -0.195. The van der Waals surface area contributed by atoms with E-state index in [1.807, 2.05) is 24.3 Å². The highest BCUT2D eigenvalue weighted by molar-refractivity contribution is 5.73. The van der Waals surface area contributed by atoms with E-state index < -0.39 is 0 Å². The van der Waals surface area contributed by atoms with Crippen molar-refractivity contribution in [3.05, 3.63) is 29.8 Å². The lowest BCUT2D eigenvalue weighted by atomic mass is 10.1. The van der Waals surface area contributed by atoms with Crippen LogP contribution in [0, 0.1) is 0 Å². The van der Waals surface area contributed by atoms with Crippen LogP contribution in [0.25, 0.3) is 0 Å². The van der Waals surface area contributed by atoms with Gasteiger partial charge in [0, 0.05) is 19.6 Å². The third-order valence-electron chi connectivity index (χ3n) is 2.70. The molecule has 0 atom stereocenters. The number of nitrogens with one attached hydrogen (secondary N) is 3. The van der Waals surface area contributed by atoms with E-state index in [0.29, 0.717) is 32.5 Å². The van der Waals surface area contributed by atoms with Crippen LogP contribution in [0.5, 0.6) is 5.75 Å². The predicted octanol–water partition coefficient (Wildman–Crippen LogP) is 0.673. The lowest BCUT2D eigenvalue weighted by molar-refractivity contribution is -0.109. The fraction of sp³-hybridized carbons (Fsp3) is 0.429. The van der Waals surface area contributed by atoms with Gasteiger partial charge in [0.05, 0.1) is 7.11 Å². The van der Waals surface area contributed by atoms with E-state index in [-0.39, 0.29) is 6.03 Å². The molecule has 0 bridgehead atoms. The van der Waals surface area contributed by atoms with E-state index in [2.05, 4.69) is 16.0 Å². The van der Waals surface area contributed by atoms with E-state index in [4.69, 9.17) is 4.74 Å². The van der Waals surface area contributed by atoms with Gasteiger partial charge in [-0.3, -0.25) is 4.79 Å². The van der Waals surface area contributed by atoms with Gasteiger partial charge in [0.15, 0.2) is 0 Å². The van der Waals surface area contributed by atoms with E-state index >= 15 is 0 Å². The Morgan fingerprint density at radius 3 is 2.80 bits per heavy atom. The SMILES string of the molecule is COc1cccc(CCNC(=O)NCCCNC=O)c1. The van der Waals surface area contributed by atoms with Gasteiger partial charge < -0.3 is 20.7 Å². The van der Waals surface area contributed by atoms with E-state index in [0.717, 1.165) is 17.7 Å². The molecule has 0 aromatic heterocycles. The lowest BCUT2D eigenvalue weighted by Gasteiger charge is -2.08. The first kappa shape index (κ1) is 15.8. The zero-order valence-electron chi connectivity index (χ0n) is 11.6. The van der Waals surface area contributed by atoms with Crippen LogP contribution in [0.1, 0.15) is 12.0 Å². The number of urea groups is 1. The molecular weight excluding hydrogens is 258 g/mol. The van der Waals surface area contributed by atoms with Gasteiger partial charge in [0.2, 0.25) is 6.41 Å². The first-order valence-corrected chi connectivity index (χ1v) is 6.58. The van der Waals surface area contributed by atoms with Gasteiger partial charge >= 0.3 is 6.03 Å². The zero-order valence-corrected chi connectivity index (χ0v) is 11.6. The molecule has 6 nitrogen and oxygen atoms in total. The standard InChI is InChI=1S/C14H21N3O3/c1-20-13-5-2-4-12(10-13)6-9-17-14(19)16-8-3-7-15-11-18/h2,4-5,10-11H,3,6-9H2,1H3,(H,15,18)(H2,16,17,19). The van der Waals surface area contributed by atoms with Gasteiger partial charge in [0.1, 0.15) is 5.75 Å². The van der Waals surface area contributed by atoms with Crippen molar-refractivity contribution in [1.29, 1.82) is 0 Å². The van der Waals surface area contributed by atoms with E-state index in [1.54, 1.807) is 7.11 Å². The Morgan fingerprint density at radius 2 is 2.05 bits per heavy atom. The summed E-state index contributed by atoms with van der Waals surface area (Å²) >= 11 is 0. The average Bonchev–Trinajstić information content (AvgIpc) is 2.47. The Bertz CT molecular complexity index is 424. The van der Waals surface area contributed by atoms with Crippen molar-refractivity contribution in [2.45, 2.75) is 12.8 Å². The molecule has 0 saturated carbocycles. The predicted molar refractivity (Wildman–Crippen MR) is 76.8 cm³/mol. The largest absolute Gasteiger partial charge is 0.497 e. The second-order valence-corrected chi connectivity index (χ2v) is 4.21. The number of carbonyl (C=O) groups excluding carboxylic acids is 2. The van der Waals surface area contributed by atoms with Crippen molar-refractivity contribution in [1.82, 2.24) is 16.0 Å². The van der Waals surface area contributed by atoms with Crippen LogP contribution in [0.15, 0.2) is 24.3 Å². The second-order valence-electron chi connectivity index (χ2n) is 4.21. The van der Waals surface area contributed by atoms with Crippen molar-refractivity contribution >= 4 is 12.4 Å². The summed E-state index contributed by atoms with van der Waals surface area (Å²) in [6.07, 6.45) is 2.10. The summed E-state index contributed by atoms with van der Waals surface area (Å²) in [6, 6.07) is 7.56. The molecular formula is C14H21N3O3. The smallest absolute Gasteiger partial charge is 0.314 e. The Balaban J connectivity index is 2.13. The summed E-state index contributed by atoms with van der Waals surface area (Å²) in [5, 5.41) is 8.03. The van der Waals surface area contributed by atoms with Gasteiger partial charge in [0.25, 0.3) is 0 Å². The van der Waals surface area contributed by atoms with Crippen molar-refractivity contribution in [2.75, 3.05) is 26.7 Å². The van der Waals surface area contributed by atoms with Crippen molar-refractivity contribution < 1.29 is 14.3 Å². The molecule has 110 valence electrons. The molecule has 20 heavy (non-hydrogen) atoms. The highest BCUT2D eigenvalue weighted by Crippen LogP contribution is 2.12. The van der Waals surface area contributed by atoms with Gasteiger partial charge in [-0.15, -0.1) is 0 Å². The van der Waals surface area contributed by atoms with E-state index in [1.165, 1.54) is 0 Å². The first-order valence-electron chi connectivity index (χ1n) is 6.58. The maximum atomic E-state index is 11.5. The fourth-order valence-electron chi connectivity index (χ4n) is 1.66. The lowest BCUT2D eigenvalue weighted by Crippen LogP contribution is -2.37. The van der Waals surface area contributed by atoms with Gasteiger partial charge in [-0.05, 0) is 30.5 Å². The fourth-order valence-corrected chi connectivity index (χ4v) is 1.66. The quantitative estimate of drug-likeness (QED) is 0.459. The molecule has 0 saturated heterocycles. The second kappa shape index (κ2) is 9.66. The number of hydrogen-bond acceptors (Lipinski definition) is 3. The third kappa shape index (κ3) is 6.63. The maximum absolute atomic E-state index is 11.5. The summed E-state index contributed by atoms with van der Waals surface area (Å²) in [7, 11) is 1.63. The highest BCUT2D eigenvalue weighted by atomic mass is 16.5. The van der Waals surface area contributed by atoms with Crippen LogP contribution in [0.2, 0.25) is 0 Å². The number of amides is 3. The summed E-state index contributed by atoms with van der Waals surface area (Å²) in [5.41, 5.74) is 1.11. The molecule has 3 amide bonds. The Hall–Kier alpha value is -2.24. The molecule has 0 fully saturated rings. The molecule has 0 heterocycles. The monoisotopic (exact) mass is 279 g/mol. The normalized spacial score (nSPS) is 9.65. The molecule has 1 rings (SSSR count). The van der Waals surface area contributed by atoms with Crippen LogP contribution < -0.4 is 20.7 Å². The van der Waals surface area contributed by atoms with Gasteiger partial charge in [-0.1, -0.05) is 12.1 Å². The van der Waals surface area contributed by atoms with Crippen LogP contribution in [0.4, 0.5) is 4.79 Å². The minimum Gasteiger partial charge on any atom is -0.497 e. The molecule has 1 aromatic rings.